The molecular formula is C19H21NO4. The minimum atomic E-state index is -0.588. The molecule has 0 spiro atoms. The Morgan fingerprint density at radius 3 is 2.38 bits per heavy atom. The molecule has 0 saturated carbocycles. The number of aryl methyl sites for hydroxylation is 2. The van der Waals surface area contributed by atoms with Gasteiger partial charge in [0.1, 0.15) is 11.3 Å². The average molecular weight is 327 g/mol. The van der Waals surface area contributed by atoms with Crippen LogP contribution in [-0.4, -0.2) is 25.1 Å². The van der Waals surface area contributed by atoms with Crippen LogP contribution in [0, 0.1) is 13.8 Å². The Hall–Kier alpha value is -2.82. The lowest BCUT2D eigenvalue weighted by Gasteiger charge is -2.10. The van der Waals surface area contributed by atoms with E-state index in [1.54, 1.807) is 24.3 Å². The highest BCUT2D eigenvalue weighted by molar-refractivity contribution is 5.96. The van der Waals surface area contributed by atoms with E-state index in [-0.39, 0.29) is 12.5 Å². The zero-order valence-corrected chi connectivity index (χ0v) is 14.1. The molecule has 24 heavy (non-hydrogen) atoms. The average Bonchev–Trinajstić information content (AvgIpc) is 2.52. The summed E-state index contributed by atoms with van der Waals surface area (Å²) in [6.07, 6.45) is 0. The Balaban J connectivity index is 1.95. The van der Waals surface area contributed by atoms with E-state index in [4.69, 9.17) is 9.47 Å². The molecule has 0 fully saturated rings. The van der Waals surface area contributed by atoms with E-state index in [9.17, 15) is 9.59 Å². The molecule has 2 rings (SSSR count). The highest BCUT2D eigenvalue weighted by atomic mass is 16.5. The SMILES string of the molecule is CCOc1ccccc1C(=O)OCC(=O)Nc1cc(C)cc(C)c1. The third-order valence-electron chi connectivity index (χ3n) is 3.25. The van der Waals surface area contributed by atoms with E-state index < -0.39 is 5.97 Å². The van der Waals surface area contributed by atoms with Gasteiger partial charge in [-0.25, -0.2) is 4.79 Å². The number of ether oxygens (including phenoxy) is 2. The van der Waals surface area contributed by atoms with Crippen LogP contribution in [0.25, 0.3) is 0 Å². The first kappa shape index (κ1) is 17.5. The van der Waals surface area contributed by atoms with E-state index in [0.717, 1.165) is 11.1 Å². The molecule has 0 aliphatic rings. The first-order valence-electron chi connectivity index (χ1n) is 7.76. The van der Waals surface area contributed by atoms with E-state index in [0.29, 0.717) is 23.6 Å². The topological polar surface area (TPSA) is 64.6 Å². The van der Waals surface area contributed by atoms with Crippen molar-refractivity contribution in [2.75, 3.05) is 18.5 Å². The number of para-hydroxylation sites is 1. The van der Waals surface area contributed by atoms with Crippen molar-refractivity contribution in [1.29, 1.82) is 0 Å². The molecule has 5 nitrogen and oxygen atoms in total. The Bertz CT molecular complexity index is 720. The number of carbonyl (C=O) groups is 2. The number of amides is 1. The van der Waals surface area contributed by atoms with Gasteiger partial charge >= 0.3 is 5.97 Å². The zero-order valence-electron chi connectivity index (χ0n) is 14.1. The van der Waals surface area contributed by atoms with Crippen LogP contribution >= 0.6 is 0 Å². The predicted octanol–water partition coefficient (Wildman–Crippen LogP) is 3.50. The van der Waals surface area contributed by atoms with E-state index in [1.165, 1.54) is 0 Å². The number of nitrogens with one attached hydrogen (secondary N) is 1. The van der Waals surface area contributed by atoms with Crippen LogP contribution in [0.2, 0.25) is 0 Å². The lowest BCUT2D eigenvalue weighted by Crippen LogP contribution is -2.21. The second-order valence-electron chi connectivity index (χ2n) is 5.43. The van der Waals surface area contributed by atoms with Crippen LogP contribution in [0.5, 0.6) is 5.75 Å². The summed E-state index contributed by atoms with van der Waals surface area (Å²) in [6.45, 7) is 5.82. The second kappa shape index (κ2) is 8.15. The monoisotopic (exact) mass is 327 g/mol. The minimum absolute atomic E-state index is 0.304. The summed E-state index contributed by atoms with van der Waals surface area (Å²) in [4.78, 5) is 24.1. The zero-order chi connectivity index (χ0) is 17.5. The lowest BCUT2D eigenvalue weighted by atomic mass is 10.1. The molecule has 1 amide bonds. The van der Waals surface area contributed by atoms with E-state index in [2.05, 4.69) is 5.32 Å². The summed E-state index contributed by atoms with van der Waals surface area (Å²) in [5.74, 6) is -0.531. The van der Waals surface area contributed by atoms with Crippen molar-refractivity contribution in [3.05, 3.63) is 59.2 Å². The van der Waals surface area contributed by atoms with Crippen LogP contribution in [0.3, 0.4) is 0 Å². The molecule has 0 unspecified atom stereocenters. The predicted molar refractivity (Wildman–Crippen MR) is 92.4 cm³/mol. The maximum absolute atomic E-state index is 12.1. The first-order chi connectivity index (χ1) is 11.5. The van der Waals surface area contributed by atoms with Gasteiger partial charge in [-0.3, -0.25) is 4.79 Å². The van der Waals surface area contributed by atoms with Gasteiger partial charge < -0.3 is 14.8 Å². The fourth-order valence-electron chi connectivity index (χ4n) is 2.37. The smallest absolute Gasteiger partial charge is 0.342 e. The third-order valence-corrected chi connectivity index (χ3v) is 3.25. The molecule has 0 heterocycles. The molecule has 126 valence electrons. The van der Waals surface area contributed by atoms with Crippen molar-refractivity contribution in [2.24, 2.45) is 0 Å². The van der Waals surface area contributed by atoms with Crippen LogP contribution in [0.15, 0.2) is 42.5 Å². The van der Waals surface area contributed by atoms with Gasteiger partial charge in [0.15, 0.2) is 6.61 Å². The number of anilines is 1. The van der Waals surface area contributed by atoms with Crippen molar-refractivity contribution in [2.45, 2.75) is 20.8 Å². The largest absolute Gasteiger partial charge is 0.493 e. The van der Waals surface area contributed by atoms with Crippen LogP contribution < -0.4 is 10.1 Å². The summed E-state index contributed by atoms with van der Waals surface area (Å²) in [6, 6.07) is 12.5. The van der Waals surface area contributed by atoms with Crippen molar-refractivity contribution in [1.82, 2.24) is 0 Å². The van der Waals surface area contributed by atoms with E-state index in [1.807, 2.05) is 39.0 Å². The van der Waals surface area contributed by atoms with Crippen molar-refractivity contribution in [3.63, 3.8) is 0 Å². The molecule has 2 aromatic rings. The van der Waals surface area contributed by atoms with Gasteiger partial charge in [-0.15, -0.1) is 0 Å². The fraction of sp³-hybridized carbons (Fsp3) is 0.263. The Morgan fingerprint density at radius 2 is 1.71 bits per heavy atom. The van der Waals surface area contributed by atoms with E-state index >= 15 is 0 Å². The standard InChI is InChI=1S/C19H21NO4/c1-4-23-17-8-6-5-7-16(17)19(22)24-12-18(21)20-15-10-13(2)9-14(3)11-15/h5-11H,4,12H2,1-3H3,(H,20,21). The summed E-state index contributed by atoms with van der Waals surface area (Å²) < 4.78 is 10.5. The third kappa shape index (κ3) is 4.84. The quantitative estimate of drug-likeness (QED) is 0.825. The molecule has 0 radical (unpaired) electrons. The molecule has 0 atom stereocenters. The highest BCUT2D eigenvalue weighted by Crippen LogP contribution is 2.19. The Morgan fingerprint density at radius 1 is 1.04 bits per heavy atom. The van der Waals surface area contributed by atoms with Gasteiger partial charge in [0, 0.05) is 5.69 Å². The fourth-order valence-corrected chi connectivity index (χ4v) is 2.37. The number of benzene rings is 2. The number of esters is 1. The maximum atomic E-state index is 12.1. The Kier molecular flexibility index (Phi) is 5.95. The normalized spacial score (nSPS) is 10.1. The van der Waals surface area contributed by atoms with Crippen LogP contribution in [-0.2, 0) is 9.53 Å². The van der Waals surface area contributed by atoms with Crippen molar-refractivity contribution >= 4 is 17.6 Å². The maximum Gasteiger partial charge on any atom is 0.342 e. The molecule has 5 heteroatoms. The van der Waals surface area contributed by atoms with Gasteiger partial charge in [-0.2, -0.15) is 0 Å². The molecule has 1 N–H and O–H groups in total. The van der Waals surface area contributed by atoms with Gasteiger partial charge in [-0.05, 0) is 56.2 Å². The molecule has 0 bridgehead atoms. The molecular weight excluding hydrogens is 306 g/mol. The Labute approximate surface area is 141 Å². The molecule has 0 aromatic heterocycles. The summed E-state index contributed by atoms with van der Waals surface area (Å²) >= 11 is 0. The molecule has 0 aliphatic carbocycles. The number of carbonyl (C=O) groups excluding carboxylic acids is 2. The van der Waals surface area contributed by atoms with Crippen molar-refractivity contribution < 1.29 is 19.1 Å². The molecule has 0 saturated heterocycles. The van der Waals surface area contributed by atoms with Crippen LogP contribution in [0.1, 0.15) is 28.4 Å². The van der Waals surface area contributed by atoms with Gasteiger partial charge in [0.05, 0.1) is 6.61 Å². The van der Waals surface area contributed by atoms with Gasteiger partial charge in [-0.1, -0.05) is 18.2 Å². The van der Waals surface area contributed by atoms with Crippen LogP contribution in [0.4, 0.5) is 5.69 Å². The summed E-state index contributed by atoms with van der Waals surface area (Å²) in [5, 5.41) is 2.72. The second-order valence-corrected chi connectivity index (χ2v) is 5.43. The molecule has 0 aliphatic heterocycles. The molecule has 2 aromatic carbocycles. The van der Waals surface area contributed by atoms with Gasteiger partial charge in [0.25, 0.3) is 5.91 Å². The highest BCUT2D eigenvalue weighted by Gasteiger charge is 2.15. The summed E-state index contributed by atoms with van der Waals surface area (Å²) in [5.41, 5.74) is 3.09. The number of hydrogen-bond donors (Lipinski definition) is 1. The number of hydrogen-bond acceptors (Lipinski definition) is 4. The van der Waals surface area contributed by atoms with Crippen molar-refractivity contribution in [3.8, 4) is 5.75 Å². The first-order valence-corrected chi connectivity index (χ1v) is 7.76. The van der Waals surface area contributed by atoms with Gasteiger partial charge in [0.2, 0.25) is 0 Å². The minimum Gasteiger partial charge on any atom is -0.493 e. The number of rotatable bonds is 6. The lowest BCUT2D eigenvalue weighted by molar-refractivity contribution is -0.119. The summed E-state index contributed by atoms with van der Waals surface area (Å²) in [7, 11) is 0.